The standard InChI is InChI=1S/C14H18N4O/c1-10(3-2-6-15)18-14(19)11-4-5-12-13(9-11)17-8-7-16-12/h4-5,7-10H,2-3,6,15H2,1H3,(H,18,19). The molecule has 5 heteroatoms. The van der Waals surface area contributed by atoms with Crippen LogP contribution < -0.4 is 11.1 Å². The lowest BCUT2D eigenvalue weighted by molar-refractivity contribution is 0.0938. The zero-order valence-electron chi connectivity index (χ0n) is 11.0. The van der Waals surface area contributed by atoms with Crippen molar-refractivity contribution in [3.8, 4) is 0 Å². The van der Waals surface area contributed by atoms with Crippen LogP contribution in [0.2, 0.25) is 0 Å². The third-order valence-electron chi connectivity index (χ3n) is 2.95. The number of carbonyl (C=O) groups excluding carboxylic acids is 1. The van der Waals surface area contributed by atoms with Crippen molar-refractivity contribution in [3.63, 3.8) is 0 Å². The van der Waals surface area contributed by atoms with Crippen molar-refractivity contribution in [1.82, 2.24) is 15.3 Å². The van der Waals surface area contributed by atoms with Crippen LogP contribution in [0.1, 0.15) is 30.1 Å². The minimum absolute atomic E-state index is 0.0860. The second kappa shape index (κ2) is 6.24. The number of amides is 1. The fourth-order valence-corrected chi connectivity index (χ4v) is 1.91. The Morgan fingerprint density at radius 2 is 2.05 bits per heavy atom. The van der Waals surface area contributed by atoms with E-state index in [4.69, 9.17) is 5.73 Å². The van der Waals surface area contributed by atoms with Gasteiger partial charge in [-0.15, -0.1) is 0 Å². The number of carbonyl (C=O) groups is 1. The van der Waals surface area contributed by atoms with Gasteiger partial charge in [0.1, 0.15) is 0 Å². The van der Waals surface area contributed by atoms with Gasteiger partial charge in [0.15, 0.2) is 0 Å². The van der Waals surface area contributed by atoms with Crippen molar-refractivity contribution in [3.05, 3.63) is 36.2 Å². The van der Waals surface area contributed by atoms with Gasteiger partial charge in [-0.05, 0) is 44.5 Å². The summed E-state index contributed by atoms with van der Waals surface area (Å²) in [5.41, 5.74) is 7.57. The number of rotatable bonds is 5. The summed E-state index contributed by atoms with van der Waals surface area (Å²) >= 11 is 0. The molecular formula is C14H18N4O. The molecule has 0 saturated carbocycles. The van der Waals surface area contributed by atoms with E-state index < -0.39 is 0 Å². The third-order valence-corrected chi connectivity index (χ3v) is 2.95. The predicted molar refractivity (Wildman–Crippen MR) is 74.8 cm³/mol. The molecule has 0 aliphatic rings. The molecule has 1 unspecified atom stereocenters. The van der Waals surface area contributed by atoms with Crippen LogP contribution in [-0.2, 0) is 0 Å². The van der Waals surface area contributed by atoms with Crippen LogP contribution in [0.3, 0.4) is 0 Å². The van der Waals surface area contributed by atoms with E-state index in [1.54, 1.807) is 24.5 Å². The number of hydrogen-bond acceptors (Lipinski definition) is 4. The van der Waals surface area contributed by atoms with Crippen LogP contribution in [0, 0.1) is 0 Å². The second-order valence-electron chi connectivity index (χ2n) is 4.57. The van der Waals surface area contributed by atoms with E-state index in [1.165, 1.54) is 0 Å². The Morgan fingerprint density at radius 3 is 2.79 bits per heavy atom. The van der Waals surface area contributed by atoms with Gasteiger partial charge in [0.05, 0.1) is 11.0 Å². The minimum atomic E-state index is -0.0860. The van der Waals surface area contributed by atoms with E-state index >= 15 is 0 Å². The van der Waals surface area contributed by atoms with Crippen LogP contribution in [0.25, 0.3) is 11.0 Å². The average molecular weight is 258 g/mol. The molecule has 2 rings (SSSR count). The number of nitrogens with two attached hydrogens (primary N) is 1. The highest BCUT2D eigenvalue weighted by molar-refractivity contribution is 5.97. The number of nitrogens with one attached hydrogen (secondary N) is 1. The van der Waals surface area contributed by atoms with Gasteiger partial charge in [0.25, 0.3) is 5.91 Å². The molecule has 5 nitrogen and oxygen atoms in total. The summed E-state index contributed by atoms with van der Waals surface area (Å²) in [4.78, 5) is 20.4. The highest BCUT2D eigenvalue weighted by Gasteiger charge is 2.10. The summed E-state index contributed by atoms with van der Waals surface area (Å²) in [6.07, 6.45) is 5.05. The van der Waals surface area contributed by atoms with Crippen molar-refractivity contribution < 1.29 is 4.79 Å². The van der Waals surface area contributed by atoms with Crippen LogP contribution >= 0.6 is 0 Å². The maximum absolute atomic E-state index is 12.1. The molecule has 0 radical (unpaired) electrons. The molecule has 1 aromatic heterocycles. The predicted octanol–water partition coefficient (Wildman–Crippen LogP) is 1.49. The molecule has 0 aliphatic heterocycles. The smallest absolute Gasteiger partial charge is 0.251 e. The molecule has 1 aromatic carbocycles. The van der Waals surface area contributed by atoms with Crippen molar-refractivity contribution in [2.24, 2.45) is 5.73 Å². The Morgan fingerprint density at radius 1 is 1.32 bits per heavy atom. The Hall–Kier alpha value is -2.01. The molecular weight excluding hydrogens is 240 g/mol. The van der Waals surface area contributed by atoms with Gasteiger partial charge in [0, 0.05) is 24.0 Å². The fraction of sp³-hybridized carbons (Fsp3) is 0.357. The van der Waals surface area contributed by atoms with Crippen molar-refractivity contribution in [1.29, 1.82) is 0 Å². The lowest BCUT2D eigenvalue weighted by Crippen LogP contribution is -2.32. The summed E-state index contributed by atoms with van der Waals surface area (Å²) in [6, 6.07) is 5.45. The summed E-state index contributed by atoms with van der Waals surface area (Å²) < 4.78 is 0. The van der Waals surface area contributed by atoms with E-state index in [2.05, 4.69) is 15.3 Å². The van der Waals surface area contributed by atoms with Crippen molar-refractivity contribution in [2.75, 3.05) is 6.54 Å². The summed E-state index contributed by atoms with van der Waals surface area (Å²) in [5, 5.41) is 2.95. The molecule has 1 amide bonds. The van der Waals surface area contributed by atoms with Gasteiger partial charge < -0.3 is 11.1 Å². The zero-order chi connectivity index (χ0) is 13.7. The van der Waals surface area contributed by atoms with E-state index in [1.807, 2.05) is 13.0 Å². The van der Waals surface area contributed by atoms with E-state index in [9.17, 15) is 4.79 Å². The van der Waals surface area contributed by atoms with Gasteiger partial charge in [-0.25, -0.2) is 0 Å². The molecule has 3 N–H and O–H groups in total. The van der Waals surface area contributed by atoms with Crippen molar-refractivity contribution in [2.45, 2.75) is 25.8 Å². The SMILES string of the molecule is CC(CCCN)NC(=O)c1ccc2nccnc2c1. The molecule has 0 spiro atoms. The first kappa shape index (κ1) is 13.4. The van der Waals surface area contributed by atoms with Crippen LogP contribution in [0.5, 0.6) is 0 Å². The van der Waals surface area contributed by atoms with Crippen molar-refractivity contribution >= 4 is 16.9 Å². The number of aromatic nitrogens is 2. The molecule has 1 heterocycles. The molecule has 1 atom stereocenters. The molecule has 19 heavy (non-hydrogen) atoms. The van der Waals surface area contributed by atoms with Gasteiger partial charge >= 0.3 is 0 Å². The third kappa shape index (κ3) is 3.48. The van der Waals surface area contributed by atoms with Gasteiger partial charge in [-0.1, -0.05) is 0 Å². The highest BCUT2D eigenvalue weighted by Crippen LogP contribution is 2.11. The van der Waals surface area contributed by atoms with Crippen LogP contribution in [0.4, 0.5) is 0 Å². The maximum Gasteiger partial charge on any atom is 0.251 e. The second-order valence-corrected chi connectivity index (χ2v) is 4.57. The lowest BCUT2D eigenvalue weighted by atomic mass is 10.1. The van der Waals surface area contributed by atoms with Gasteiger partial charge in [-0.2, -0.15) is 0 Å². The Bertz CT molecular complexity index is 570. The fourth-order valence-electron chi connectivity index (χ4n) is 1.91. The van der Waals surface area contributed by atoms with Gasteiger partial charge in [-0.3, -0.25) is 14.8 Å². The summed E-state index contributed by atoms with van der Waals surface area (Å²) in [7, 11) is 0. The molecule has 0 fully saturated rings. The normalized spacial score (nSPS) is 12.3. The van der Waals surface area contributed by atoms with E-state index in [-0.39, 0.29) is 11.9 Å². The first-order chi connectivity index (χ1) is 9.20. The molecule has 2 aromatic rings. The first-order valence-electron chi connectivity index (χ1n) is 6.42. The highest BCUT2D eigenvalue weighted by atomic mass is 16.1. The topological polar surface area (TPSA) is 80.9 Å². The number of benzene rings is 1. The Kier molecular flexibility index (Phi) is 4.41. The Labute approximate surface area is 112 Å². The monoisotopic (exact) mass is 258 g/mol. The molecule has 100 valence electrons. The number of fused-ring (bicyclic) bond motifs is 1. The average Bonchev–Trinajstić information content (AvgIpc) is 2.44. The zero-order valence-corrected chi connectivity index (χ0v) is 11.0. The van der Waals surface area contributed by atoms with Crippen LogP contribution in [-0.4, -0.2) is 28.5 Å². The maximum atomic E-state index is 12.1. The van der Waals surface area contributed by atoms with Gasteiger partial charge in [0.2, 0.25) is 0 Å². The van der Waals surface area contributed by atoms with E-state index in [0.717, 1.165) is 23.9 Å². The minimum Gasteiger partial charge on any atom is -0.350 e. The Balaban J connectivity index is 2.08. The lowest BCUT2D eigenvalue weighted by Gasteiger charge is -2.13. The molecule has 0 aliphatic carbocycles. The summed E-state index contributed by atoms with van der Waals surface area (Å²) in [6.45, 7) is 2.63. The number of nitrogens with zero attached hydrogens (tertiary/aromatic N) is 2. The first-order valence-corrected chi connectivity index (χ1v) is 6.42. The molecule has 0 saturated heterocycles. The summed E-state index contributed by atoms with van der Waals surface area (Å²) in [5.74, 6) is -0.0860. The number of hydrogen-bond donors (Lipinski definition) is 2. The largest absolute Gasteiger partial charge is 0.350 e. The quantitative estimate of drug-likeness (QED) is 0.851. The van der Waals surface area contributed by atoms with Crippen LogP contribution in [0.15, 0.2) is 30.6 Å². The van der Waals surface area contributed by atoms with E-state index in [0.29, 0.717) is 12.1 Å². The molecule has 0 bridgehead atoms.